The number of fused-ring (bicyclic) bond motifs is 3. The molecule has 4 nitrogen and oxygen atoms in total. The van der Waals surface area contributed by atoms with Crippen LogP contribution in [-0.4, -0.2) is 18.5 Å². The van der Waals surface area contributed by atoms with Crippen LogP contribution < -0.4 is 16.0 Å². The molecule has 1 aromatic carbocycles. The highest BCUT2D eigenvalue weighted by atomic mass is 16.2. The fraction of sp³-hybridized carbons (Fsp3) is 0.611. The average Bonchev–Trinajstić information content (AvgIpc) is 2.54. The number of nitrogens with two attached hydrogens (primary N) is 1. The minimum absolute atomic E-state index is 0.0759. The van der Waals surface area contributed by atoms with E-state index in [1.807, 2.05) is 6.07 Å². The monoisotopic (exact) mass is 301 g/mol. The molecule has 0 aliphatic carbocycles. The third-order valence-corrected chi connectivity index (χ3v) is 6.06. The van der Waals surface area contributed by atoms with Crippen LogP contribution in [0.3, 0.4) is 0 Å². The van der Waals surface area contributed by atoms with Crippen LogP contribution in [-0.2, 0) is 11.3 Å². The minimum atomic E-state index is -0.0759. The molecule has 0 spiro atoms. The van der Waals surface area contributed by atoms with Gasteiger partial charge < -0.3 is 16.0 Å². The molecule has 1 fully saturated rings. The maximum Gasteiger partial charge on any atom is 0.247 e. The molecule has 0 saturated carbocycles. The van der Waals surface area contributed by atoms with Crippen LogP contribution in [0.15, 0.2) is 18.2 Å². The van der Waals surface area contributed by atoms with Crippen molar-refractivity contribution in [1.82, 2.24) is 0 Å². The van der Waals surface area contributed by atoms with Gasteiger partial charge in [-0.15, -0.1) is 0 Å². The molecule has 1 saturated heterocycles. The summed E-state index contributed by atoms with van der Waals surface area (Å²) in [4.78, 5) is 15.0. The van der Waals surface area contributed by atoms with E-state index in [1.165, 1.54) is 0 Å². The van der Waals surface area contributed by atoms with Gasteiger partial charge in [0.15, 0.2) is 0 Å². The van der Waals surface area contributed by atoms with Crippen LogP contribution in [0.25, 0.3) is 0 Å². The Morgan fingerprint density at radius 2 is 2.00 bits per heavy atom. The SMILES string of the molecule is CC1(C)CCN2c3ccc(CN)cc3NC(=O)C2CC1(C)C. The molecule has 2 aliphatic rings. The van der Waals surface area contributed by atoms with Crippen molar-refractivity contribution in [3.63, 3.8) is 0 Å². The van der Waals surface area contributed by atoms with Crippen molar-refractivity contribution in [2.75, 3.05) is 16.8 Å². The number of anilines is 2. The van der Waals surface area contributed by atoms with E-state index in [9.17, 15) is 4.79 Å². The van der Waals surface area contributed by atoms with Gasteiger partial charge in [-0.25, -0.2) is 0 Å². The third-order valence-electron chi connectivity index (χ3n) is 6.06. The number of rotatable bonds is 1. The Morgan fingerprint density at radius 1 is 1.27 bits per heavy atom. The number of amides is 1. The molecule has 0 radical (unpaired) electrons. The quantitative estimate of drug-likeness (QED) is 0.838. The molecule has 1 aromatic rings. The van der Waals surface area contributed by atoms with Crippen molar-refractivity contribution < 1.29 is 4.79 Å². The number of benzene rings is 1. The fourth-order valence-corrected chi connectivity index (χ4v) is 3.56. The van der Waals surface area contributed by atoms with Crippen LogP contribution in [0, 0.1) is 10.8 Å². The second-order valence-electron chi connectivity index (χ2n) is 7.98. The molecule has 3 N–H and O–H groups in total. The van der Waals surface area contributed by atoms with Gasteiger partial charge in [-0.3, -0.25) is 4.79 Å². The molecular formula is C18H27N3O. The molecule has 2 aliphatic heterocycles. The second-order valence-corrected chi connectivity index (χ2v) is 7.98. The number of nitrogens with zero attached hydrogens (tertiary/aromatic N) is 1. The maximum absolute atomic E-state index is 12.7. The van der Waals surface area contributed by atoms with Gasteiger partial charge in [-0.2, -0.15) is 0 Å². The zero-order valence-electron chi connectivity index (χ0n) is 14.1. The Kier molecular flexibility index (Phi) is 3.48. The summed E-state index contributed by atoms with van der Waals surface area (Å²) in [6.45, 7) is 10.6. The predicted octanol–water partition coefficient (Wildman–Crippen LogP) is 3.12. The van der Waals surface area contributed by atoms with Gasteiger partial charge in [0.2, 0.25) is 5.91 Å². The Morgan fingerprint density at radius 3 is 2.68 bits per heavy atom. The van der Waals surface area contributed by atoms with Crippen LogP contribution in [0.2, 0.25) is 0 Å². The van der Waals surface area contributed by atoms with Gasteiger partial charge in [-0.05, 0) is 41.4 Å². The highest BCUT2D eigenvalue weighted by Crippen LogP contribution is 2.49. The normalized spacial score (nSPS) is 25.8. The standard InChI is InChI=1S/C18H27N3O/c1-17(2)7-8-21-14-6-5-12(11-19)9-13(14)20-16(22)15(21)10-18(17,3)4/h5-6,9,15H,7-8,10-11,19H2,1-4H3,(H,20,22). The molecular weight excluding hydrogens is 274 g/mol. The highest BCUT2D eigenvalue weighted by molar-refractivity contribution is 6.03. The zero-order chi connectivity index (χ0) is 16.1. The van der Waals surface area contributed by atoms with E-state index < -0.39 is 0 Å². The number of hydrogen-bond donors (Lipinski definition) is 2. The van der Waals surface area contributed by atoms with Crippen molar-refractivity contribution in [2.24, 2.45) is 16.6 Å². The van der Waals surface area contributed by atoms with E-state index in [-0.39, 0.29) is 22.8 Å². The van der Waals surface area contributed by atoms with Crippen LogP contribution in [0.5, 0.6) is 0 Å². The first-order chi connectivity index (χ1) is 10.2. The molecule has 2 heterocycles. The smallest absolute Gasteiger partial charge is 0.247 e. The van der Waals surface area contributed by atoms with Crippen molar-refractivity contribution in [2.45, 2.75) is 53.1 Å². The average molecular weight is 301 g/mol. The largest absolute Gasteiger partial charge is 0.358 e. The first-order valence-corrected chi connectivity index (χ1v) is 8.16. The van der Waals surface area contributed by atoms with Crippen molar-refractivity contribution in [3.05, 3.63) is 23.8 Å². The van der Waals surface area contributed by atoms with E-state index in [1.54, 1.807) is 0 Å². The van der Waals surface area contributed by atoms with E-state index in [4.69, 9.17) is 5.73 Å². The molecule has 1 atom stereocenters. The highest BCUT2D eigenvalue weighted by Gasteiger charge is 2.46. The van der Waals surface area contributed by atoms with Gasteiger partial charge in [0.05, 0.1) is 11.4 Å². The third kappa shape index (κ3) is 2.30. The summed E-state index contributed by atoms with van der Waals surface area (Å²) < 4.78 is 0. The van der Waals surface area contributed by atoms with Crippen molar-refractivity contribution in [3.8, 4) is 0 Å². The zero-order valence-corrected chi connectivity index (χ0v) is 14.1. The summed E-state index contributed by atoms with van der Waals surface area (Å²) in [5.74, 6) is 0.118. The number of carbonyl (C=O) groups excluding carboxylic acids is 1. The fourth-order valence-electron chi connectivity index (χ4n) is 3.56. The molecule has 3 rings (SSSR count). The van der Waals surface area contributed by atoms with Gasteiger partial charge in [0, 0.05) is 13.1 Å². The van der Waals surface area contributed by atoms with E-state index in [2.05, 4.69) is 50.0 Å². The Balaban J connectivity index is 2.03. The Labute approximate surface area is 133 Å². The first-order valence-electron chi connectivity index (χ1n) is 8.16. The number of hydrogen-bond acceptors (Lipinski definition) is 3. The van der Waals surface area contributed by atoms with E-state index >= 15 is 0 Å². The van der Waals surface area contributed by atoms with Gasteiger partial charge in [-0.1, -0.05) is 33.8 Å². The lowest BCUT2D eigenvalue weighted by Crippen LogP contribution is -2.49. The molecule has 0 aromatic heterocycles. The summed E-state index contributed by atoms with van der Waals surface area (Å²) in [7, 11) is 0. The van der Waals surface area contributed by atoms with Gasteiger partial charge in [0.1, 0.15) is 6.04 Å². The van der Waals surface area contributed by atoms with Gasteiger partial charge in [0.25, 0.3) is 0 Å². The second kappa shape index (κ2) is 4.98. The number of carbonyl (C=O) groups is 1. The van der Waals surface area contributed by atoms with Gasteiger partial charge >= 0.3 is 0 Å². The lowest BCUT2D eigenvalue weighted by Gasteiger charge is -2.42. The molecule has 1 unspecified atom stereocenters. The lowest BCUT2D eigenvalue weighted by atomic mass is 9.64. The Hall–Kier alpha value is -1.55. The summed E-state index contributed by atoms with van der Waals surface area (Å²) in [6.07, 6.45) is 1.96. The molecule has 120 valence electrons. The number of nitrogens with one attached hydrogen (secondary N) is 1. The summed E-state index contributed by atoms with van der Waals surface area (Å²) >= 11 is 0. The molecule has 0 bridgehead atoms. The van der Waals surface area contributed by atoms with E-state index in [0.29, 0.717) is 6.54 Å². The molecule has 4 heteroatoms. The van der Waals surface area contributed by atoms with E-state index in [0.717, 1.165) is 36.3 Å². The lowest BCUT2D eigenvalue weighted by molar-refractivity contribution is -0.118. The van der Waals surface area contributed by atoms with Crippen molar-refractivity contribution in [1.29, 1.82) is 0 Å². The molecule has 22 heavy (non-hydrogen) atoms. The topological polar surface area (TPSA) is 58.4 Å². The Bertz CT molecular complexity index is 606. The van der Waals surface area contributed by atoms with Crippen LogP contribution >= 0.6 is 0 Å². The van der Waals surface area contributed by atoms with Crippen molar-refractivity contribution >= 4 is 17.3 Å². The molecule has 1 amide bonds. The van der Waals surface area contributed by atoms with Crippen LogP contribution in [0.4, 0.5) is 11.4 Å². The summed E-state index contributed by atoms with van der Waals surface area (Å²) in [5.41, 5.74) is 9.14. The summed E-state index contributed by atoms with van der Waals surface area (Å²) in [5, 5.41) is 3.09. The minimum Gasteiger partial charge on any atom is -0.358 e. The first kappa shape index (κ1) is 15.3. The maximum atomic E-state index is 12.7. The van der Waals surface area contributed by atoms with Crippen LogP contribution in [0.1, 0.15) is 46.1 Å². The predicted molar refractivity (Wildman–Crippen MR) is 90.9 cm³/mol. The summed E-state index contributed by atoms with van der Waals surface area (Å²) in [6, 6.07) is 6.10.